The molecular weight excluding hydrogens is 634 g/mol. The van der Waals surface area contributed by atoms with Crippen LogP contribution in [-0.4, -0.2) is 48.7 Å². The summed E-state index contributed by atoms with van der Waals surface area (Å²) in [5.74, 6) is 1.07. The first-order valence-corrected chi connectivity index (χ1v) is 15.7. The highest BCUT2D eigenvalue weighted by Gasteiger charge is 2.27. The van der Waals surface area contributed by atoms with Gasteiger partial charge in [0.15, 0.2) is 11.5 Å². The van der Waals surface area contributed by atoms with Crippen LogP contribution in [0.2, 0.25) is 0 Å². The number of esters is 1. The number of nitrogens with one attached hydrogen (secondary N) is 1. The van der Waals surface area contributed by atoms with Crippen LogP contribution >= 0.6 is 0 Å². The average Bonchev–Trinajstić information content (AvgIpc) is 2.99. The summed E-state index contributed by atoms with van der Waals surface area (Å²) in [6.45, 7) is 12.8. The lowest BCUT2D eigenvalue weighted by molar-refractivity contribution is -0.136. The zero-order valence-corrected chi connectivity index (χ0v) is 28.5. The molecule has 12 nitrogen and oxygen atoms in total. The molecule has 0 aliphatic carbocycles. The van der Waals surface area contributed by atoms with E-state index in [0.29, 0.717) is 47.2 Å². The minimum atomic E-state index is -1.17. The smallest absolute Gasteiger partial charge is 0.486 e. The van der Waals surface area contributed by atoms with E-state index < -0.39 is 35.5 Å². The number of hydrogen-bond donors (Lipinski definition) is 1. The molecule has 1 N–H and O–H groups in total. The largest absolute Gasteiger partial charge is 0.514 e. The van der Waals surface area contributed by atoms with Gasteiger partial charge in [0.2, 0.25) is 5.43 Å². The molecule has 1 atom stereocenters. The first-order valence-electron chi connectivity index (χ1n) is 15.7. The monoisotopic (exact) mass is 673 g/mol. The fourth-order valence-electron chi connectivity index (χ4n) is 5.01. The molecule has 1 aliphatic rings. The fraction of sp³-hybridized carbons (Fsp3) is 0.351. The van der Waals surface area contributed by atoms with Gasteiger partial charge in [0.1, 0.15) is 53.3 Å². The minimum Gasteiger partial charge on any atom is -0.486 e. The number of ether oxygens (including phenoxy) is 6. The average molecular weight is 674 g/mol. The van der Waals surface area contributed by atoms with Gasteiger partial charge >= 0.3 is 18.2 Å². The molecule has 49 heavy (non-hydrogen) atoms. The van der Waals surface area contributed by atoms with Crippen molar-refractivity contribution in [2.75, 3.05) is 13.2 Å². The van der Waals surface area contributed by atoms with Gasteiger partial charge in [-0.1, -0.05) is 18.2 Å². The van der Waals surface area contributed by atoms with Crippen molar-refractivity contribution in [3.63, 3.8) is 0 Å². The fourth-order valence-corrected chi connectivity index (χ4v) is 5.01. The van der Waals surface area contributed by atoms with Crippen molar-refractivity contribution in [3.8, 4) is 34.1 Å². The number of fused-ring (bicyclic) bond motifs is 2. The van der Waals surface area contributed by atoms with Gasteiger partial charge < -0.3 is 38.2 Å². The summed E-state index contributed by atoms with van der Waals surface area (Å²) in [5, 5.41) is 2.87. The third-order valence-electron chi connectivity index (χ3n) is 7.02. The number of carbonyl (C=O) groups is 3. The topological polar surface area (TPSA) is 149 Å². The van der Waals surface area contributed by atoms with E-state index in [-0.39, 0.29) is 34.3 Å². The third-order valence-corrected chi connectivity index (χ3v) is 7.02. The van der Waals surface area contributed by atoms with Gasteiger partial charge in [-0.25, -0.2) is 14.4 Å². The molecule has 0 bridgehead atoms. The quantitative estimate of drug-likeness (QED) is 0.124. The van der Waals surface area contributed by atoms with Crippen molar-refractivity contribution < 1.29 is 47.2 Å². The molecule has 3 aromatic carbocycles. The van der Waals surface area contributed by atoms with Gasteiger partial charge in [-0.2, -0.15) is 0 Å². The molecule has 1 aromatic heterocycles. The Labute approximate surface area is 283 Å². The summed E-state index contributed by atoms with van der Waals surface area (Å²) in [6, 6.07) is 14.9. The molecule has 0 unspecified atom stereocenters. The third kappa shape index (κ3) is 9.10. The van der Waals surface area contributed by atoms with Crippen molar-refractivity contribution in [1.29, 1.82) is 0 Å². The zero-order chi connectivity index (χ0) is 35.5. The Kier molecular flexibility index (Phi) is 9.88. The summed E-state index contributed by atoms with van der Waals surface area (Å²) in [6.07, 6.45) is -1.65. The van der Waals surface area contributed by atoms with E-state index >= 15 is 0 Å². The number of amides is 1. The van der Waals surface area contributed by atoms with Gasteiger partial charge in [0.25, 0.3) is 0 Å². The number of carbonyl (C=O) groups excluding carboxylic acids is 3. The van der Waals surface area contributed by atoms with Crippen molar-refractivity contribution in [3.05, 3.63) is 82.2 Å². The molecule has 0 saturated carbocycles. The molecule has 0 saturated heterocycles. The second-order valence-corrected chi connectivity index (χ2v) is 13.4. The lowest BCUT2D eigenvalue weighted by atomic mass is 10.0. The number of rotatable bonds is 7. The van der Waals surface area contributed by atoms with Crippen LogP contribution in [0, 0.1) is 6.92 Å². The maximum atomic E-state index is 13.6. The summed E-state index contributed by atoms with van der Waals surface area (Å²) in [4.78, 5) is 51.8. The van der Waals surface area contributed by atoms with E-state index in [1.807, 2.05) is 0 Å². The molecule has 0 fully saturated rings. The number of alkyl carbamates (subject to hydrolysis) is 1. The lowest BCUT2D eigenvalue weighted by Crippen LogP contribution is -2.46. The summed E-state index contributed by atoms with van der Waals surface area (Å²) >= 11 is 0. The molecule has 12 heteroatoms. The van der Waals surface area contributed by atoms with E-state index in [0.717, 1.165) is 0 Å². The van der Waals surface area contributed by atoms with Crippen molar-refractivity contribution in [2.24, 2.45) is 0 Å². The van der Waals surface area contributed by atoms with E-state index in [9.17, 15) is 19.2 Å². The highest BCUT2D eigenvalue weighted by atomic mass is 16.7. The van der Waals surface area contributed by atoms with Crippen molar-refractivity contribution in [1.82, 2.24) is 5.32 Å². The first kappa shape index (κ1) is 34.8. The summed E-state index contributed by atoms with van der Waals surface area (Å²) in [5.41, 5.74) is 0.0338. The Morgan fingerprint density at radius 1 is 0.796 bits per heavy atom. The Morgan fingerprint density at radius 3 is 2.12 bits per heavy atom. The van der Waals surface area contributed by atoms with E-state index in [4.69, 9.17) is 32.8 Å². The standard InChI is InChI=1S/C37H39NO11/c1-21-31(23-10-15-28-30(19-23)44-17-16-43-28)32(39)26-14-13-25(20-29(26)45-21)46-33(40)27(38-34(41)48-36(2,3)4)18-22-8-11-24(12-9-22)47-35(42)49-37(5,6)7/h8-15,19-20,27H,16-18H2,1-7H3,(H,38,41)/t27-/m0/s1. The molecule has 1 amide bonds. The second-order valence-electron chi connectivity index (χ2n) is 13.4. The second kappa shape index (κ2) is 13.9. The predicted molar refractivity (Wildman–Crippen MR) is 179 cm³/mol. The summed E-state index contributed by atoms with van der Waals surface area (Å²) in [7, 11) is 0. The molecule has 0 radical (unpaired) electrons. The van der Waals surface area contributed by atoms with Gasteiger partial charge in [-0.15, -0.1) is 0 Å². The minimum absolute atomic E-state index is 0.0193. The first-order chi connectivity index (χ1) is 23.0. The van der Waals surface area contributed by atoms with Crippen LogP contribution in [0.3, 0.4) is 0 Å². The number of benzene rings is 3. The molecule has 2 heterocycles. The van der Waals surface area contributed by atoms with Crippen LogP contribution in [-0.2, 0) is 20.7 Å². The van der Waals surface area contributed by atoms with E-state index in [1.165, 1.54) is 18.2 Å². The zero-order valence-electron chi connectivity index (χ0n) is 28.5. The van der Waals surface area contributed by atoms with Crippen LogP contribution in [0.15, 0.2) is 69.9 Å². The molecular formula is C37H39NO11. The molecule has 0 spiro atoms. The van der Waals surface area contributed by atoms with Crippen LogP contribution in [0.1, 0.15) is 52.9 Å². The highest BCUT2D eigenvalue weighted by molar-refractivity contribution is 5.87. The Bertz CT molecular complexity index is 1930. The van der Waals surface area contributed by atoms with Crippen molar-refractivity contribution in [2.45, 2.75) is 72.1 Å². The molecule has 258 valence electrons. The Morgan fingerprint density at radius 2 is 1.45 bits per heavy atom. The van der Waals surface area contributed by atoms with Crippen molar-refractivity contribution >= 4 is 29.2 Å². The summed E-state index contributed by atoms with van der Waals surface area (Å²) < 4.78 is 38.8. The van der Waals surface area contributed by atoms with Crippen LogP contribution in [0.25, 0.3) is 22.1 Å². The highest BCUT2D eigenvalue weighted by Crippen LogP contribution is 2.35. The van der Waals surface area contributed by atoms with Crippen LogP contribution in [0.5, 0.6) is 23.0 Å². The van der Waals surface area contributed by atoms with Gasteiger partial charge in [0.05, 0.1) is 10.9 Å². The predicted octanol–water partition coefficient (Wildman–Crippen LogP) is 6.89. The van der Waals surface area contributed by atoms with E-state index in [2.05, 4.69) is 5.32 Å². The van der Waals surface area contributed by atoms with Crippen LogP contribution in [0.4, 0.5) is 9.59 Å². The van der Waals surface area contributed by atoms with E-state index in [1.54, 1.807) is 90.9 Å². The Hall–Kier alpha value is -5.52. The number of aryl methyl sites for hydroxylation is 1. The van der Waals surface area contributed by atoms with Crippen LogP contribution < -0.4 is 29.7 Å². The number of hydrogen-bond acceptors (Lipinski definition) is 11. The maximum Gasteiger partial charge on any atom is 0.514 e. The molecule has 1 aliphatic heterocycles. The SMILES string of the molecule is Cc1oc2cc(OC(=O)[C@H](Cc3ccc(OC(=O)OC(C)(C)C)cc3)NC(=O)OC(C)(C)C)ccc2c(=O)c1-c1ccc2c(c1)OCCO2. The van der Waals surface area contributed by atoms with Gasteiger partial charge in [-0.3, -0.25) is 4.79 Å². The molecule has 4 aromatic rings. The van der Waals surface area contributed by atoms with Gasteiger partial charge in [-0.05, 0) is 96.0 Å². The normalized spacial score (nSPS) is 13.3. The lowest BCUT2D eigenvalue weighted by Gasteiger charge is -2.23. The Balaban J connectivity index is 1.35. The van der Waals surface area contributed by atoms with Gasteiger partial charge in [0, 0.05) is 12.5 Å². The maximum absolute atomic E-state index is 13.6. The molecule has 5 rings (SSSR count).